The van der Waals surface area contributed by atoms with Gasteiger partial charge in [-0.25, -0.2) is 0 Å². The van der Waals surface area contributed by atoms with Crippen molar-refractivity contribution in [1.29, 1.82) is 0 Å². The standard InChI is InChI=1S/C13H9N3OS/c17-11-8-5-1-3-7-4-2-6-9(10(7)8)13(11)14-12(18)15-16-13/h1-6,16H,(H2,14,15,18). The first-order valence-electron chi connectivity index (χ1n) is 5.65. The lowest BCUT2D eigenvalue weighted by Crippen LogP contribution is -2.51. The molecule has 18 heavy (non-hydrogen) atoms. The molecular weight excluding hydrogens is 246 g/mol. The molecule has 88 valence electrons. The van der Waals surface area contributed by atoms with Gasteiger partial charge in [-0.3, -0.25) is 10.2 Å². The number of ketones is 1. The van der Waals surface area contributed by atoms with Gasteiger partial charge in [0.05, 0.1) is 0 Å². The van der Waals surface area contributed by atoms with Crippen molar-refractivity contribution in [3.05, 3.63) is 47.5 Å². The van der Waals surface area contributed by atoms with E-state index in [4.69, 9.17) is 12.2 Å². The maximum atomic E-state index is 12.6. The normalized spacial score (nSPS) is 24.7. The fourth-order valence-electron chi connectivity index (χ4n) is 2.80. The van der Waals surface area contributed by atoms with Crippen molar-refractivity contribution in [3.8, 4) is 0 Å². The molecule has 1 aliphatic heterocycles. The molecule has 0 saturated carbocycles. The Morgan fingerprint density at radius 3 is 2.61 bits per heavy atom. The van der Waals surface area contributed by atoms with Crippen LogP contribution in [-0.2, 0) is 5.66 Å². The maximum Gasteiger partial charge on any atom is 0.210 e. The number of carbonyl (C=O) groups is 1. The van der Waals surface area contributed by atoms with Crippen molar-refractivity contribution in [3.63, 3.8) is 0 Å². The van der Waals surface area contributed by atoms with E-state index in [9.17, 15) is 4.79 Å². The highest BCUT2D eigenvalue weighted by Crippen LogP contribution is 2.40. The van der Waals surface area contributed by atoms with Crippen LogP contribution in [0.5, 0.6) is 0 Å². The smallest absolute Gasteiger partial charge is 0.210 e. The highest BCUT2D eigenvalue weighted by molar-refractivity contribution is 7.80. The molecule has 3 N–H and O–H groups in total. The highest BCUT2D eigenvalue weighted by Gasteiger charge is 2.50. The fourth-order valence-corrected chi connectivity index (χ4v) is 3.00. The molecule has 1 aliphatic carbocycles. The topological polar surface area (TPSA) is 53.2 Å². The first-order chi connectivity index (χ1) is 8.72. The fraction of sp³-hybridized carbons (Fsp3) is 0.0769. The minimum atomic E-state index is -0.944. The van der Waals surface area contributed by atoms with Gasteiger partial charge in [0.2, 0.25) is 5.78 Å². The summed E-state index contributed by atoms with van der Waals surface area (Å²) in [4.78, 5) is 12.6. The van der Waals surface area contributed by atoms with Gasteiger partial charge in [-0.05, 0) is 17.6 Å². The molecule has 1 saturated heterocycles. The van der Waals surface area contributed by atoms with Gasteiger partial charge in [0.15, 0.2) is 10.8 Å². The number of fused-ring (bicyclic) bond motifs is 1. The van der Waals surface area contributed by atoms with Gasteiger partial charge in [-0.1, -0.05) is 36.4 Å². The molecule has 0 amide bonds. The Kier molecular flexibility index (Phi) is 1.70. The molecule has 2 aromatic carbocycles. The summed E-state index contributed by atoms with van der Waals surface area (Å²) in [6.07, 6.45) is 0. The van der Waals surface area contributed by atoms with Crippen LogP contribution in [0.2, 0.25) is 0 Å². The molecule has 1 atom stereocenters. The second-order valence-corrected chi connectivity index (χ2v) is 4.90. The molecule has 0 radical (unpaired) electrons. The SMILES string of the molecule is O=C1c2cccc3cccc(c23)C12NNC(=S)N2. The van der Waals surface area contributed by atoms with Gasteiger partial charge < -0.3 is 5.32 Å². The van der Waals surface area contributed by atoms with Gasteiger partial charge in [0.1, 0.15) is 0 Å². The zero-order valence-corrected chi connectivity index (χ0v) is 10.1. The van der Waals surface area contributed by atoms with E-state index in [1.165, 1.54) is 0 Å². The van der Waals surface area contributed by atoms with Crippen LogP contribution < -0.4 is 16.2 Å². The van der Waals surface area contributed by atoms with E-state index in [1.54, 1.807) is 0 Å². The molecule has 2 aliphatic rings. The van der Waals surface area contributed by atoms with Gasteiger partial charge in [-0.2, -0.15) is 5.43 Å². The largest absolute Gasteiger partial charge is 0.332 e. The first-order valence-corrected chi connectivity index (χ1v) is 6.05. The predicted molar refractivity (Wildman–Crippen MR) is 72.0 cm³/mol. The summed E-state index contributed by atoms with van der Waals surface area (Å²) in [6, 6.07) is 11.7. The second kappa shape index (κ2) is 3.07. The molecule has 1 spiro atoms. The summed E-state index contributed by atoms with van der Waals surface area (Å²) in [5.74, 6) is 0.00153. The Labute approximate surface area is 108 Å². The number of hydrogen-bond acceptors (Lipinski definition) is 3. The van der Waals surface area contributed by atoms with Crippen molar-refractivity contribution >= 4 is 33.9 Å². The van der Waals surface area contributed by atoms with Crippen molar-refractivity contribution in [2.24, 2.45) is 0 Å². The number of benzene rings is 2. The summed E-state index contributed by atoms with van der Waals surface area (Å²) >= 11 is 5.06. The van der Waals surface area contributed by atoms with E-state index < -0.39 is 5.66 Å². The Morgan fingerprint density at radius 1 is 1.11 bits per heavy atom. The van der Waals surface area contributed by atoms with Crippen LogP contribution in [0.4, 0.5) is 0 Å². The molecule has 2 aromatic rings. The summed E-state index contributed by atoms with van der Waals surface area (Å²) in [5.41, 5.74) is 6.51. The predicted octanol–water partition coefficient (Wildman–Crippen LogP) is 1.17. The third kappa shape index (κ3) is 0.989. The van der Waals surface area contributed by atoms with Gasteiger partial charge >= 0.3 is 0 Å². The number of hydrogen-bond donors (Lipinski definition) is 3. The maximum absolute atomic E-state index is 12.6. The molecular formula is C13H9N3OS. The van der Waals surface area contributed by atoms with Crippen LogP contribution >= 0.6 is 12.2 Å². The summed E-state index contributed by atoms with van der Waals surface area (Å²) in [6.45, 7) is 0. The van der Waals surface area contributed by atoms with Gasteiger partial charge in [-0.15, -0.1) is 0 Å². The lowest BCUT2D eigenvalue weighted by Gasteiger charge is -2.22. The highest BCUT2D eigenvalue weighted by atomic mass is 32.1. The molecule has 4 nitrogen and oxygen atoms in total. The minimum Gasteiger partial charge on any atom is -0.332 e. The van der Waals surface area contributed by atoms with E-state index >= 15 is 0 Å². The van der Waals surface area contributed by atoms with Crippen LogP contribution in [0.1, 0.15) is 15.9 Å². The molecule has 0 aromatic heterocycles. The average Bonchev–Trinajstić information content (AvgIpc) is 2.88. The Morgan fingerprint density at radius 2 is 1.89 bits per heavy atom. The lowest BCUT2D eigenvalue weighted by molar-refractivity contribution is 0.0856. The van der Waals surface area contributed by atoms with E-state index in [-0.39, 0.29) is 5.78 Å². The zero-order chi connectivity index (χ0) is 12.3. The van der Waals surface area contributed by atoms with Crippen molar-refractivity contribution < 1.29 is 4.79 Å². The van der Waals surface area contributed by atoms with Crippen molar-refractivity contribution in [1.82, 2.24) is 16.2 Å². The number of nitrogens with one attached hydrogen (secondary N) is 3. The van der Waals surface area contributed by atoms with Crippen molar-refractivity contribution in [2.75, 3.05) is 0 Å². The van der Waals surface area contributed by atoms with E-state index in [0.717, 1.165) is 21.9 Å². The Bertz CT molecular complexity index is 722. The summed E-state index contributed by atoms with van der Waals surface area (Å²) in [5, 5.41) is 5.55. The molecule has 5 heteroatoms. The Balaban J connectivity index is 2.11. The summed E-state index contributed by atoms with van der Waals surface area (Å²) in [7, 11) is 0. The second-order valence-electron chi connectivity index (χ2n) is 4.49. The monoisotopic (exact) mass is 255 g/mol. The van der Waals surface area contributed by atoms with Crippen LogP contribution in [0, 0.1) is 0 Å². The third-order valence-corrected chi connectivity index (χ3v) is 3.76. The molecule has 1 unspecified atom stereocenters. The number of thiocarbonyl (C=S) groups is 1. The van der Waals surface area contributed by atoms with E-state index in [1.807, 2.05) is 36.4 Å². The lowest BCUT2D eigenvalue weighted by atomic mass is 10.0. The summed E-state index contributed by atoms with van der Waals surface area (Å²) < 4.78 is 0. The number of hydrazine groups is 1. The minimum absolute atomic E-state index is 0.00153. The molecule has 1 fully saturated rings. The number of rotatable bonds is 0. The first kappa shape index (κ1) is 9.99. The molecule has 1 heterocycles. The van der Waals surface area contributed by atoms with E-state index in [0.29, 0.717) is 5.11 Å². The van der Waals surface area contributed by atoms with Gasteiger partial charge in [0, 0.05) is 16.5 Å². The average molecular weight is 255 g/mol. The third-order valence-electron chi connectivity index (χ3n) is 3.56. The number of Topliss-reactive ketones (excluding diaryl/α,β-unsaturated/α-hetero) is 1. The van der Waals surface area contributed by atoms with Crippen LogP contribution in [-0.4, -0.2) is 10.9 Å². The quantitative estimate of drug-likeness (QED) is 0.617. The zero-order valence-electron chi connectivity index (χ0n) is 9.28. The Hall–Kier alpha value is -1.98. The van der Waals surface area contributed by atoms with Crippen molar-refractivity contribution in [2.45, 2.75) is 5.66 Å². The van der Waals surface area contributed by atoms with Gasteiger partial charge in [0.25, 0.3) is 0 Å². The van der Waals surface area contributed by atoms with Crippen LogP contribution in [0.3, 0.4) is 0 Å². The van der Waals surface area contributed by atoms with Crippen LogP contribution in [0.25, 0.3) is 10.8 Å². The van der Waals surface area contributed by atoms with E-state index in [2.05, 4.69) is 16.2 Å². The molecule has 0 bridgehead atoms. The van der Waals surface area contributed by atoms with Crippen LogP contribution in [0.15, 0.2) is 36.4 Å². The number of carbonyl (C=O) groups excluding carboxylic acids is 1. The molecule has 4 rings (SSSR count).